The molecule has 0 spiro atoms. The normalized spacial score (nSPS) is 18.4. The summed E-state index contributed by atoms with van der Waals surface area (Å²) in [4.78, 5) is 0. The van der Waals surface area contributed by atoms with Gasteiger partial charge in [0.15, 0.2) is 0 Å². The summed E-state index contributed by atoms with van der Waals surface area (Å²) in [5.74, 6) is 0.704. The van der Waals surface area contributed by atoms with Crippen molar-refractivity contribution < 1.29 is 26.2 Å². The van der Waals surface area contributed by atoms with Crippen molar-refractivity contribution in [3.63, 3.8) is 0 Å². The topological polar surface area (TPSA) is 0 Å². The van der Waals surface area contributed by atoms with Gasteiger partial charge in [-0.1, -0.05) is 61.8 Å². The summed E-state index contributed by atoms with van der Waals surface area (Å²) in [7, 11) is 0. The van der Waals surface area contributed by atoms with Crippen molar-refractivity contribution in [2.75, 3.05) is 0 Å². The van der Waals surface area contributed by atoms with E-state index in [2.05, 4.69) is 61.8 Å². The van der Waals surface area contributed by atoms with Gasteiger partial charge >= 0.3 is 0 Å². The molecule has 2 aliphatic carbocycles. The van der Waals surface area contributed by atoms with E-state index in [0.717, 1.165) is 11.1 Å². The molecule has 0 fully saturated rings. The predicted molar refractivity (Wildman–Crippen MR) is 61.8 cm³/mol. The van der Waals surface area contributed by atoms with Crippen LogP contribution in [-0.2, 0) is 26.2 Å². The Balaban J connectivity index is 0.00000112. The molecule has 0 aromatic carbocycles. The zero-order valence-electron chi connectivity index (χ0n) is 8.69. The maximum absolute atomic E-state index is 4.11. The third kappa shape index (κ3) is 2.66. The Bertz CT molecular complexity index is 318. The Hall–Kier alpha value is -0.677. The van der Waals surface area contributed by atoms with E-state index in [-0.39, 0.29) is 26.2 Å². The Kier molecular flexibility index (Phi) is 4.48. The van der Waals surface area contributed by atoms with Crippen LogP contribution in [0.5, 0.6) is 0 Å². The van der Waals surface area contributed by atoms with Gasteiger partial charge < -0.3 is 0 Å². The Morgan fingerprint density at radius 2 is 0.933 bits per heavy atom. The maximum Gasteiger partial charge on any atom is 0.0201 e. The van der Waals surface area contributed by atoms with Gasteiger partial charge in [-0.25, -0.2) is 0 Å². The fourth-order valence-electron chi connectivity index (χ4n) is 1.76. The first kappa shape index (κ1) is 12.4. The molecule has 74 valence electrons. The number of rotatable bonds is 3. The fourth-order valence-corrected chi connectivity index (χ4v) is 1.76. The predicted octanol–water partition coefficient (Wildman–Crippen LogP) is 3.58. The van der Waals surface area contributed by atoms with Gasteiger partial charge in [-0.15, -0.1) is 0 Å². The quantitative estimate of drug-likeness (QED) is 0.690. The molecule has 0 heterocycles. The van der Waals surface area contributed by atoms with Gasteiger partial charge in [-0.3, -0.25) is 0 Å². The van der Waals surface area contributed by atoms with Crippen LogP contribution in [0.2, 0.25) is 0 Å². The molecule has 0 unspecified atom stereocenters. The van der Waals surface area contributed by atoms with Crippen LogP contribution in [0, 0.1) is 11.8 Å². The van der Waals surface area contributed by atoms with Crippen molar-refractivity contribution in [3.05, 3.63) is 72.9 Å². The van der Waals surface area contributed by atoms with Crippen LogP contribution in [-0.4, -0.2) is 0 Å². The van der Waals surface area contributed by atoms with Crippen molar-refractivity contribution in [3.8, 4) is 0 Å². The van der Waals surface area contributed by atoms with Crippen molar-refractivity contribution >= 4 is 0 Å². The Morgan fingerprint density at radius 3 is 1.20 bits per heavy atom. The molecule has 0 aliphatic heterocycles. The minimum Gasteiger partial charge on any atom is -0.0946 e. The SMILES string of the molecule is C=C(C(=C)C1C=CC=C1)C1C=CC=C1.[Zr]. The largest absolute Gasteiger partial charge is 0.0946 e. The maximum atomic E-state index is 4.11. The van der Waals surface area contributed by atoms with E-state index in [9.17, 15) is 0 Å². The molecule has 0 aromatic heterocycles. The van der Waals surface area contributed by atoms with E-state index in [1.807, 2.05) is 0 Å². The molecule has 2 aliphatic rings. The molecule has 0 bridgehead atoms. The monoisotopic (exact) mass is 272 g/mol. The summed E-state index contributed by atoms with van der Waals surface area (Å²) >= 11 is 0. The summed E-state index contributed by atoms with van der Waals surface area (Å²) in [6.45, 7) is 8.22. The molecule has 1 heteroatoms. The van der Waals surface area contributed by atoms with Gasteiger partial charge in [0.25, 0.3) is 0 Å². The molecule has 0 atom stereocenters. The van der Waals surface area contributed by atoms with Crippen molar-refractivity contribution in [1.82, 2.24) is 0 Å². The van der Waals surface area contributed by atoms with Crippen LogP contribution in [0.4, 0.5) is 0 Å². The van der Waals surface area contributed by atoms with Gasteiger partial charge in [0.05, 0.1) is 0 Å². The van der Waals surface area contributed by atoms with Gasteiger partial charge in [0.1, 0.15) is 0 Å². The van der Waals surface area contributed by atoms with Gasteiger partial charge in [0, 0.05) is 38.0 Å². The molecule has 2 rings (SSSR count). The second kappa shape index (κ2) is 5.42. The van der Waals surface area contributed by atoms with Crippen molar-refractivity contribution in [2.45, 2.75) is 0 Å². The van der Waals surface area contributed by atoms with Gasteiger partial charge in [-0.2, -0.15) is 0 Å². The van der Waals surface area contributed by atoms with Crippen LogP contribution in [0.15, 0.2) is 72.9 Å². The van der Waals surface area contributed by atoms with Gasteiger partial charge in [-0.05, 0) is 11.1 Å². The number of hydrogen-bond donors (Lipinski definition) is 0. The summed E-state index contributed by atoms with van der Waals surface area (Å²) in [5.41, 5.74) is 2.24. The Labute approximate surface area is 111 Å². The van der Waals surface area contributed by atoms with Crippen molar-refractivity contribution in [2.24, 2.45) is 11.8 Å². The first-order valence-electron chi connectivity index (χ1n) is 4.87. The van der Waals surface area contributed by atoms with Crippen LogP contribution in [0.3, 0.4) is 0 Å². The first-order chi connectivity index (χ1) is 6.79. The third-order valence-electron chi connectivity index (χ3n) is 2.71. The number of hydrogen-bond acceptors (Lipinski definition) is 0. The zero-order chi connectivity index (χ0) is 9.97. The molecule has 0 nitrogen and oxygen atoms in total. The third-order valence-corrected chi connectivity index (χ3v) is 2.71. The molecule has 0 saturated heterocycles. The first-order valence-corrected chi connectivity index (χ1v) is 4.87. The minimum absolute atomic E-state index is 0. The molecular weight excluding hydrogens is 259 g/mol. The van der Waals surface area contributed by atoms with E-state index < -0.39 is 0 Å². The molecule has 0 radical (unpaired) electrons. The minimum atomic E-state index is 0. The average molecular weight is 273 g/mol. The summed E-state index contributed by atoms with van der Waals surface area (Å²) in [6.07, 6.45) is 16.8. The summed E-state index contributed by atoms with van der Waals surface area (Å²) in [5, 5.41) is 0. The zero-order valence-corrected chi connectivity index (χ0v) is 11.1. The van der Waals surface area contributed by atoms with Crippen LogP contribution >= 0.6 is 0 Å². The molecule has 0 amide bonds. The smallest absolute Gasteiger partial charge is 0.0201 e. The molecule has 0 N–H and O–H groups in total. The fraction of sp³-hybridized carbons (Fsp3) is 0.143. The van der Waals surface area contributed by atoms with Crippen LogP contribution < -0.4 is 0 Å². The summed E-state index contributed by atoms with van der Waals surface area (Å²) in [6, 6.07) is 0. The molecular formula is C14H14Zr. The van der Waals surface area contributed by atoms with E-state index in [1.54, 1.807) is 0 Å². The standard InChI is InChI=1S/C14H14.Zr/c1-11(13-7-3-4-8-13)12(2)14-9-5-6-10-14;/h3-10,13-14H,1-2H2;. The molecule has 0 aromatic rings. The second-order valence-corrected chi connectivity index (χ2v) is 3.64. The van der Waals surface area contributed by atoms with Crippen LogP contribution in [0.25, 0.3) is 0 Å². The van der Waals surface area contributed by atoms with Crippen molar-refractivity contribution in [1.29, 1.82) is 0 Å². The van der Waals surface area contributed by atoms with Crippen LogP contribution in [0.1, 0.15) is 0 Å². The van der Waals surface area contributed by atoms with Gasteiger partial charge in [0.2, 0.25) is 0 Å². The van der Waals surface area contributed by atoms with E-state index >= 15 is 0 Å². The second-order valence-electron chi connectivity index (χ2n) is 3.64. The van der Waals surface area contributed by atoms with E-state index in [4.69, 9.17) is 0 Å². The van der Waals surface area contributed by atoms with E-state index in [1.165, 1.54) is 0 Å². The molecule has 0 saturated carbocycles. The number of allylic oxidation sites excluding steroid dienone is 10. The molecule has 15 heavy (non-hydrogen) atoms. The summed E-state index contributed by atoms with van der Waals surface area (Å²) < 4.78 is 0. The van der Waals surface area contributed by atoms with E-state index in [0.29, 0.717) is 11.8 Å². The Morgan fingerprint density at radius 1 is 0.667 bits per heavy atom. The average Bonchev–Trinajstić information content (AvgIpc) is 2.87.